The Hall–Kier alpha value is -3.15. The van der Waals surface area contributed by atoms with Crippen LogP contribution in [0, 0.1) is 0 Å². The summed E-state index contributed by atoms with van der Waals surface area (Å²) >= 11 is 0. The molecule has 6 heteroatoms. The lowest BCUT2D eigenvalue weighted by atomic mass is 10.0. The highest BCUT2D eigenvalue weighted by atomic mass is 16.6. The van der Waals surface area contributed by atoms with Crippen molar-refractivity contribution in [2.45, 2.75) is 232 Å². The minimum absolute atomic E-state index is 0.0866. The molecule has 0 saturated heterocycles. The molecule has 0 aromatic carbocycles. The molecule has 1 atom stereocenters. The molecule has 0 aliphatic heterocycles. The Labute approximate surface area is 363 Å². The smallest absolute Gasteiger partial charge is 0.306 e. The summed E-state index contributed by atoms with van der Waals surface area (Å²) < 4.78 is 16.7. The monoisotopic (exact) mass is 823 g/mol. The van der Waals surface area contributed by atoms with Crippen molar-refractivity contribution in [2.24, 2.45) is 0 Å². The third-order valence-corrected chi connectivity index (χ3v) is 10.3. The Morgan fingerprint density at radius 1 is 0.356 bits per heavy atom. The zero-order valence-electron chi connectivity index (χ0n) is 38.5. The number of allylic oxidation sites excluding steroid dienone is 12. The molecule has 0 spiro atoms. The van der Waals surface area contributed by atoms with E-state index in [1.807, 2.05) is 0 Å². The van der Waals surface area contributed by atoms with Gasteiger partial charge in [0.1, 0.15) is 13.2 Å². The van der Waals surface area contributed by atoms with E-state index >= 15 is 0 Å². The lowest BCUT2D eigenvalue weighted by Crippen LogP contribution is -2.30. The number of hydrogen-bond donors (Lipinski definition) is 0. The molecule has 0 radical (unpaired) electrons. The van der Waals surface area contributed by atoms with Crippen LogP contribution in [-0.4, -0.2) is 37.2 Å². The molecule has 0 rings (SSSR count). The first-order valence-corrected chi connectivity index (χ1v) is 24.5. The van der Waals surface area contributed by atoms with Gasteiger partial charge in [-0.25, -0.2) is 0 Å². The van der Waals surface area contributed by atoms with E-state index in [-0.39, 0.29) is 31.1 Å². The van der Waals surface area contributed by atoms with Crippen LogP contribution in [0.15, 0.2) is 72.9 Å². The number of carbonyl (C=O) groups excluding carboxylic acids is 3. The second-order valence-electron chi connectivity index (χ2n) is 16.1. The van der Waals surface area contributed by atoms with Gasteiger partial charge in [0.05, 0.1) is 0 Å². The van der Waals surface area contributed by atoms with Gasteiger partial charge in [-0.2, -0.15) is 0 Å². The van der Waals surface area contributed by atoms with Crippen molar-refractivity contribution in [2.75, 3.05) is 13.2 Å². The molecule has 0 bridgehead atoms. The number of esters is 3. The number of hydrogen-bond acceptors (Lipinski definition) is 6. The van der Waals surface area contributed by atoms with Crippen LogP contribution in [0.1, 0.15) is 226 Å². The Morgan fingerprint density at radius 2 is 0.661 bits per heavy atom. The van der Waals surface area contributed by atoms with Crippen molar-refractivity contribution in [1.29, 1.82) is 0 Å². The van der Waals surface area contributed by atoms with Crippen LogP contribution >= 0.6 is 0 Å². The summed E-state index contributed by atoms with van der Waals surface area (Å²) in [7, 11) is 0. The van der Waals surface area contributed by atoms with Crippen molar-refractivity contribution in [3.05, 3.63) is 72.9 Å². The predicted molar refractivity (Wildman–Crippen MR) is 251 cm³/mol. The van der Waals surface area contributed by atoms with Crippen molar-refractivity contribution in [3.63, 3.8) is 0 Å². The van der Waals surface area contributed by atoms with Gasteiger partial charge in [0.2, 0.25) is 0 Å². The molecule has 0 N–H and O–H groups in total. The summed E-state index contributed by atoms with van der Waals surface area (Å²) in [5.74, 6) is -0.920. The summed E-state index contributed by atoms with van der Waals surface area (Å²) in [4.78, 5) is 37.9. The van der Waals surface area contributed by atoms with Crippen LogP contribution in [-0.2, 0) is 28.6 Å². The molecule has 0 saturated carbocycles. The van der Waals surface area contributed by atoms with E-state index in [4.69, 9.17) is 14.2 Å². The molecule has 0 fully saturated rings. The molecular formula is C53H90O6. The first kappa shape index (κ1) is 55.9. The molecule has 59 heavy (non-hydrogen) atoms. The molecule has 0 aromatic rings. The standard InChI is InChI=1S/C53H90O6/c1-4-7-10-13-16-19-22-25-26-29-31-34-37-40-43-46-52(55)58-49-50(59-53(56)47-44-41-38-35-32-28-24-21-18-15-12-9-6-3)48-57-51(54)45-42-39-36-33-30-27-23-20-17-14-11-8-5-2/h7,9-10,12-13,15-16,18-19,21-22,24,50H,4-6,8,11,14,17,20,23,25-49H2,1-3H3/b10-7+,12-9+,16-13+,18-15+,22-19+,24-21+. The summed E-state index contributed by atoms with van der Waals surface area (Å²) in [6.07, 6.45) is 58.8. The summed E-state index contributed by atoms with van der Waals surface area (Å²) in [5.41, 5.74) is 0. The molecular weight excluding hydrogens is 733 g/mol. The van der Waals surface area contributed by atoms with Gasteiger partial charge >= 0.3 is 17.9 Å². The van der Waals surface area contributed by atoms with Gasteiger partial charge in [0, 0.05) is 19.3 Å². The van der Waals surface area contributed by atoms with Gasteiger partial charge in [0.15, 0.2) is 6.10 Å². The average molecular weight is 823 g/mol. The second kappa shape index (κ2) is 47.5. The molecule has 0 aliphatic carbocycles. The van der Waals surface area contributed by atoms with E-state index in [0.29, 0.717) is 19.3 Å². The number of carbonyl (C=O) groups is 3. The highest BCUT2D eigenvalue weighted by Crippen LogP contribution is 2.15. The zero-order valence-corrected chi connectivity index (χ0v) is 38.5. The van der Waals surface area contributed by atoms with Gasteiger partial charge in [0.25, 0.3) is 0 Å². The van der Waals surface area contributed by atoms with Crippen molar-refractivity contribution < 1.29 is 28.6 Å². The largest absolute Gasteiger partial charge is 0.462 e. The van der Waals surface area contributed by atoms with E-state index in [0.717, 1.165) is 96.3 Å². The van der Waals surface area contributed by atoms with Crippen molar-refractivity contribution in [1.82, 2.24) is 0 Å². The van der Waals surface area contributed by atoms with Gasteiger partial charge in [-0.3, -0.25) is 14.4 Å². The highest BCUT2D eigenvalue weighted by Gasteiger charge is 2.19. The summed E-state index contributed by atoms with van der Waals surface area (Å²) in [5, 5.41) is 0. The van der Waals surface area contributed by atoms with E-state index < -0.39 is 6.10 Å². The quantitative estimate of drug-likeness (QED) is 0.0264. The first-order chi connectivity index (χ1) is 29.0. The average Bonchev–Trinajstić information content (AvgIpc) is 3.23. The van der Waals surface area contributed by atoms with Crippen LogP contribution in [0.3, 0.4) is 0 Å². The topological polar surface area (TPSA) is 78.9 Å². The number of unbranched alkanes of at least 4 members (excludes halogenated alkanes) is 24. The predicted octanol–water partition coefficient (Wildman–Crippen LogP) is 15.9. The van der Waals surface area contributed by atoms with Crippen molar-refractivity contribution in [3.8, 4) is 0 Å². The highest BCUT2D eigenvalue weighted by molar-refractivity contribution is 5.71. The molecule has 0 heterocycles. The Morgan fingerprint density at radius 3 is 1.02 bits per heavy atom. The van der Waals surface area contributed by atoms with Crippen LogP contribution in [0.4, 0.5) is 0 Å². The first-order valence-electron chi connectivity index (χ1n) is 24.5. The molecule has 6 nitrogen and oxygen atoms in total. The second-order valence-corrected chi connectivity index (χ2v) is 16.1. The van der Waals surface area contributed by atoms with Crippen LogP contribution < -0.4 is 0 Å². The lowest BCUT2D eigenvalue weighted by molar-refractivity contribution is -0.167. The minimum atomic E-state index is -0.788. The normalized spacial score (nSPS) is 12.7. The van der Waals surface area contributed by atoms with Gasteiger partial charge in [-0.1, -0.05) is 222 Å². The maximum absolute atomic E-state index is 12.8. The maximum atomic E-state index is 12.8. The minimum Gasteiger partial charge on any atom is -0.462 e. The number of ether oxygens (including phenoxy) is 3. The fourth-order valence-electron chi connectivity index (χ4n) is 6.68. The zero-order chi connectivity index (χ0) is 43.0. The van der Waals surface area contributed by atoms with Gasteiger partial charge in [-0.15, -0.1) is 0 Å². The summed E-state index contributed by atoms with van der Waals surface area (Å²) in [6.45, 7) is 6.34. The Bertz CT molecular complexity index is 1130. The molecule has 0 aromatic heterocycles. The Kier molecular flexibility index (Phi) is 45.0. The van der Waals surface area contributed by atoms with Crippen LogP contribution in [0.2, 0.25) is 0 Å². The fourth-order valence-corrected chi connectivity index (χ4v) is 6.68. The SMILES string of the molecule is CC/C=C/C=C/C=C/CCCCCCCCCC(=O)OCC(COC(=O)CCCCCCCCCCCCCCC)OC(=O)CCCCCCC/C=C/C=C/C=C/CC. The van der Waals surface area contributed by atoms with Crippen molar-refractivity contribution >= 4 is 17.9 Å². The molecule has 1 unspecified atom stereocenters. The number of rotatable bonds is 43. The van der Waals surface area contributed by atoms with Crippen LogP contribution in [0.25, 0.3) is 0 Å². The van der Waals surface area contributed by atoms with Crippen LogP contribution in [0.5, 0.6) is 0 Å². The molecule has 0 aliphatic rings. The van der Waals surface area contributed by atoms with E-state index in [2.05, 4.69) is 93.7 Å². The van der Waals surface area contributed by atoms with E-state index in [1.165, 1.54) is 89.9 Å². The van der Waals surface area contributed by atoms with E-state index in [9.17, 15) is 14.4 Å². The lowest BCUT2D eigenvalue weighted by Gasteiger charge is -2.18. The van der Waals surface area contributed by atoms with Gasteiger partial charge < -0.3 is 14.2 Å². The third-order valence-electron chi connectivity index (χ3n) is 10.3. The fraction of sp³-hybridized carbons (Fsp3) is 0.717. The van der Waals surface area contributed by atoms with E-state index in [1.54, 1.807) is 0 Å². The Balaban J connectivity index is 4.42. The third kappa shape index (κ3) is 45.8. The van der Waals surface area contributed by atoms with Gasteiger partial charge in [-0.05, 0) is 57.8 Å². The molecule has 338 valence electrons. The maximum Gasteiger partial charge on any atom is 0.306 e. The summed E-state index contributed by atoms with van der Waals surface area (Å²) in [6, 6.07) is 0. The molecule has 0 amide bonds.